The Morgan fingerprint density at radius 1 is 1.00 bits per heavy atom. The van der Waals surface area contributed by atoms with E-state index in [1.54, 1.807) is 0 Å². The minimum atomic E-state index is -3.85. The number of nitrogens with zero attached hydrogens (tertiary/aromatic N) is 1. The molecule has 0 aromatic heterocycles. The Bertz CT molecular complexity index is 955. The van der Waals surface area contributed by atoms with Gasteiger partial charge in [0, 0.05) is 12.7 Å². The van der Waals surface area contributed by atoms with Crippen molar-refractivity contribution in [1.82, 2.24) is 0 Å². The van der Waals surface area contributed by atoms with E-state index in [0.717, 1.165) is 16.6 Å². The fraction of sp³-hybridized carbons (Fsp3) is 0.200. The molecule has 0 spiro atoms. The molecule has 6 nitrogen and oxygen atoms in total. The number of benzene rings is 2. The second-order valence-electron chi connectivity index (χ2n) is 5.30. The highest BCUT2D eigenvalue weighted by Gasteiger charge is 2.22. The molecule has 0 unspecified atom stereocenters. The van der Waals surface area contributed by atoms with Crippen molar-refractivity contribution in [3.63, 3.8) is 0 Å². The van der Waals surface area contributed by atoms with Crippen molar-refractivity contribution >= 4 is 31.4 Å². The van der Waals surface area contributed by atoms with Crippen LogP contribution in [0.2, 0.25) is 0 Å². The number of rotatable bonds is 5. The van der Waals surface area contributed by atoms with Crippen LogP contribution in [-0.2, 0) is 20.0 Å². The van der Waals surface area contributed by atoms with Gasteiger partial charge in [0.2, 0.25) is 10.0 Å². The zero-order valence-electron chi connectivity index (χ0n) is 13.3. The first-order chi connectivity index (χ1) is 11.0. The highest BCUT2D eigenvalue weighted by Crippen LogP contribution is 2.24. The van der Waals surface area contributed by atoms with Crippen molar-refractivity contribution in [2.24, 2.45) is 0 Å². The predicted octanol–water partition coefficient (Wildman–Crippen LogP) is 2.33. The van der Waals surface area contributed by atoms with Crippen molar-refractivity contribution in [3.8, 4) is 0 Å². The molecule has 0 fully saturated rings. The third-order valence-electron chi connectivity index (χ3n) is 3.32. The summed E-state index contributed by atoms with van der Waals surface area (Å²) in [7, 11) is -5.89. The van der Waals surface area contributed by atoms with E-state index in [1.165, 1.54) is 50.4 Å². The van der Waals surface area contributed by atoms with Crippen LogP contribution in [0.25, 0.3) is 0 Å². The highest BCUT2D eigenvalue weighted by atomic mass is 32.2. The summed E-state index contributed by atoms with van der Waals surface area (Å²) < 4.78 is 64.2. The van der Waals surface area contributed by atoms with E-state index in [1.807, 2.05) is 0 Å². The SMILES string of the molecule is Cc1cc(S(=O)(=O)N(C)c2ccc(NS(C)(=O)=O)cc2)ccc1F. The quantitative estimate of drug-likeness (QED) is 0.873. The van der Waals surface area contributed by atoms with Crippen LogP contribution in [0.4, 0.5) is 15.8 Å². The van der Waals surface area contributed by atoms with Crippen LogP contribution in [0, 0.1) is 12.7 Å². The van der Waals surface area contributed by atoms with Crippen molar-refractivity contribution in [3.05, 3.63) is 53.8 Å². The summed E-state index contributed by atoms with van der Waals surface area (Å²) in [6, 6.07) is 9.43. The van der Waals surface area contributed by atoms with Gasteiger partial charge in [0.15, 0.2) is 0 Å². The van der Waals surface area contributed by atoms with Crippen LogP contribution in [0.3, 0.4) is 0 Å². The van der Waals surface area contributed by atoms with Gasteiger partial charge >= 0.3 is 0 Å². The summed E-state index contributed by atoms with van der Waals surface area (Å²) in [6.07, 6.45) is 1.02. The average molecular weight is 372 g/mol. The minimum Gasteiger partial charge on any atom is -0.284 e. The number of hydrogen-bond donors (Lipinski definition) is 1. The Labute approximate surface area is 141 Å². The summed E-state index contributed by atoms with van der Waals surface area (Å²) in [5, 5.41) is 0. The fourth-order valence-electron chi connectivity index (χ4n) is 2.03. The predicted molar refractivity (Wildman–Crippen MR) is 91.6 cm³/mol. The van der Waals surface area contributed by atoms with E-state index < -0.39 is 25.9 Å². The first-order valence-electron chi connectivity index (χ1n) is 6.83. The van der Waals surface area contributed by atoms with Gasteiger partial charge in [-0.1, -0.05) is 0 Å². The molecule has 0 amide bonds. The van der Waals surface area contributed by atoms with Gasteiger partial charge in [0.1, 0.15) is 5.82 Å². The van der Waals surface area contributed by atoms with Crippen LogP contribution in [-0.4, -0.2) is 30.1 Å². The Hall–Kier alpha value is -2.13. The van der Waals surface area contributed by atoms with Gasteiger partial charge in [-0.3, -0.25) is 9.03 Å². The normalized spacial score (nSPS) is 12.0. The molecule has 0 atom stereocenters. The lowest BCUT2D eigenvalue weighted by molar-refractivity contribution is 0.592. The number of anilines is 2. The topological polar surface area (TPSA) is 83.6 Å². The summed E-state index contributed by atoms with van der Waals surface area (Å²) in [5.41, 5.74) is 0.901. The maximum Gasteiger partial charge on any atom is 0.264 e. The van der Waals surface area contributed by atoms with Gasteiger partial charge in [-0.25, -0.2) is 21.2 Å². The van der Waals surface area contributed by atoms with Gasteiger partial charge in [-0.05, 0) is 55.0 Å². The summed E-state index contributed by atoms with van der Waals surface area (Å²) in [5.74, 6) is -0.479. The lowest BCUT2D eigenvalue weighted by Crippen LogP contribution is -2.26. The fourth-order valence-corrected chi connectivity index (χ4v) is 3.87. The van der Waals surface area contributed by atoms with E-state index in [2.05, 4.69) is 4.72 Å². The lowest BCUT2D eigenvalue weighted by Gasteiger charge is -2.20. The van der Waals surface area contributed by atoms with Gasteiger partial charge in [-0.15, -0.1) is 0 Å². The second-order valence-corrected chi connectivity index (χ2v) is 9.02. The summed E-state index contributed by atoms with van der Waals surface area (Å²) >= 11 is 0. The molecule has 1 N–H and O–H groups in total. The first-order valence-corrected chi connectivity index (χ1v) is 10.2. The Morgan fingerprint density at radius 2 is 1.58 bits per heavy atom. The van der Waals surface area contributed by atoms with Crippen molar-refractivity contribution in [1.29, 1.82) is 0 Å². The molecule has 2 rings (SSSR count). The molecule has 2 aromatic carbocycles. The molecule has 2 aromatic rings. The van der Waals surface area contributed by atoms with Gasteiger partial charge in [-0.2, -0.15) is 0 Å². The maximum atomic E-state index is 13.3. The van der Waals surface area contributed by atoms with Gasteiger partial charge < -0.3 is 0 Å². The second kappa shape index (κ2) is 6.40. The largest absolute Gasteiger partial charge is 0.284 e. The van der Waals surface area contributed by atoms with Crippen LogP contribution in [0.15, 0.2) is 47.4 Å². The van der Waals surface area contributed by atoms with E-state index in [0.29, 0.717) is 11.4 Å². The number of sulfonamides is 2. The molecule has 130 valence electrons. The maximum absolute atomic E-state index is 13.3. The Balaban J connectivity index is 2.32. The van der Waals surface area contributed by atoms with E-state index >= 15 is 0 Å². The summed E-state index contributed by atoms with van der Waals surface area (Å²) in [4.78, 5) is -0.0257. The monoisotopic (exact) mass is 372 g/mol. The highest BCUT2D eigenvalue weighted by molar-refractivity contribution is 7.92. The van der Waals surface area contributed by atoms with E-state index in [4.69, 9.17) is 0 Å². The summed E-state index contributed by atoms with van der Waals surface area (Å²) in [6.45, 7) is 1.49. The smallest absolute Gasteiger partial charge is 0.264 e. The third-order valence-corrected chi connectivity index (χ3v) is 5.71. The molecule has 0 aliphatic carbocycles. The zero-order valence-corrected chi connectivity index (χ0v) is 14.9. The average Bonchev–Trinajstić information content (AvgIpc) is 2.48. The minimum absolute atomic E-state index is 0.0257. The first kappa shape index (κ1) is 18.2. The molecule has 24 heavy (non-hydrogen) atoms. The van der Waals surface area contributed by atoms with E-state index in [9.17, 15) is 21.2 Å². The molecular weight excluding hydrogens is 355 g/mol. The van der Waals surface area contributed by atoms with Crippen molar-refractivity contribution in [2.45, 2.75) is 11.8 Å². The van der Waals surface area contributed by atoms with Gasteiger partial charge in [0.25, 0.3) is 10.0 Å². The molecule has 0 bridgehead atoms. The van der Waals surface area contributed by atoms with Crippen LogP contribution in [0.5, 0.6) is 0 Å². The van der Waals surface area contributed by atoms with Crippen LogP contribution < -0.4 is 9.03 Å². The molecule has 0 saturated heterocycles. The third kappa shape index (κ3) is 4.04. The Kier molecular flexibility index (Phi) is 4.86. The molecule has 9 heteroatoms. The number of hydrogen-bond acceptors (Lipinski definition) is 4. The van der Waals surface area contributed by atoms with Crippen LogP contribution >= 0.6 is 0 Å². The van der Waals surface area contributed by atoms with Crippen molar-refractivity contribution < 1.29 is 21.2 Å². The zero-order chi connectivity index (χ0) is 18.1. The van der Waals surface area contributed by atoms with Gasteiger partial charge in [0.05, 0.1) is 16.8 Å². The molecular formula is C15H17FN2O4S2. The molecule has 0 radical (unpaired) electrons. The number of aryl methyl sites for hydroxylation is 1. The number of halogens is 1. The Morgan fingerprint density at radius 3 is 2.08 bits per heavy atom. The van der Waals surface area contributed by atoms with E-state index in [-0.39, 0.29) is 10.5 Å². The molecule has 0 aliphatic heterocycles. The van der Waals surface area contributed by atoms with Crippen LogP contribution in [0.1, 0.15) is 5.56 Å². The van der Waals surface area contributed by atoms with Crippen molar-refractivity contribution in [2.75, 3.05) is 22.3 Å². The standard InChI is InChI=1S/C15H17FN2O4S2/c1-11-10-14(8-9-15(11)16)24(21,22)18(2)13-6-4-12(5-7-13)17-23(3,19)20/h4-10,17H,1-3H3. The molecule has 0 heterocycles. The lowest BCUT2D eigenvalue weighted by atomic mass is 10.2. The number of nitrogens with one attached hydrogen (secondary N) is 1. The molecule has 0 aliphatic rings. The molecule has 0 saturated carbocycles.